The van der Waals surface area contributed by atoms with Crippen LogP contribution in [0.2, 0.25) is 0 Å². The Hall–Kier alpha value is -2.07. The molecule has 1 aromatic carbocycles. The van der Waals surface area contributed by atoms with Gasteiger partial charge < -0.3 is 14.2 Å². The molecule has 0 aliphatic rings. The van der Waals surface area contributed by atoms with Crippen LogP contribution in [-0.2, 0) is 19.7 Å². The third-order valence-electron chi connectivity index (χ3n) is 3.67. The van der Waals surface area contributed by atoms with Gasteiger partial charge in [0, 0.05) is 29.8 Å². The quantitative estimate of drug-likeness (QED) is 0.774. The highest BCUT2D eigenvalue weighted by molar-refractivity contribution is 5.83. The molecule has 1 N–H and O–H groups in total. The van der Waals surface area contributed by atoms with E-state index in [1.807, 2.05) is 24.7 Å². The Balaban J connectivity index is 1.97. The van der Waals surface area contributed by atoms with Gasteiger partial charge in [-0.3, -0.25) is 0 Å². The van der Waals surface area contributed by atoms with Crippen LogP contribution < -0.4 is 0 Å². The Labute approximate surface area is 118 Å². The van der Waals surface area contributed by atoms with Crippen molar-refractivity contribution in [3.05, 3.63) is 54.2 Å². The van der Waals surface area contributed by atoms with Gasteiger partial charge in [0.25, 0.3) is 0 Å². The van der Waals surface area contributed by atoms with Gasteiger partial charge in [-0.05, 0) is 24.1 Å². The Morgan fingerprint density at radius 2 is 2.10 bits per heavy atom. The molecule has 0 radical (unpaired) electrons. The lowest BCUT2D eigenvalue weighted by Gasteiger charge is -2.09. The third-order valence-corrected chi connectivity index (χ3v) is 3.67. The molecule has 0 atom stereocenters. The lowest BCUT2D eigenvalue weighted by atomic mass is 10.1. The summed E-state index contributed by atoms with van der Waals surface area (Å²) < 4.78 is 4.40. The third kappa shape index (κ3) is 2.23. The minimum absolute atomic E-state index is 0.0785. The van der Waals surface area contributed by atoms with Crippen molar-refractivity contribution in [2.45, 2.75) is 33.0 Å². The van der Waals surface area contributed by atoms with Crippen LogP contribution in [0.25, 0.3) is 10.9 Å². The summed E-state index contributed by atoms with van der Waals surface area (Å²) in [6, 6.07) is 8.12. The summed E-state index contributed by atoms with van der Waals surface area (Å²) in [6.45, 7) is 4.05. The smallest absolute Gasteiger partial charge is 0.0948 e. The number of nitrogens with zero attached hydrogens (tertiary/aromatic N) is 3. The standard InChI is InChI=1S/C16H19N3O/c1-2-7-19-12-17-9-14(19)10-18-8-6-15-13(11-20)4-3-5-16(15)18/h3-6,8-9,12,20H,2,7,10-11H2,1H3. The molecule has 2 heterocycles. The number of aliphatic hydroxyl groups excluding tert-OH is 1. The predicted octanol–water partition coefficient (Wildman–Crippen LogP) is 2.79. The number of hydrogen-bond donors (Lipinski definition) is 1. The number of aromatic nitrogens is 3. The van der Waals surface area contributed by atoms with Crippen LogP contribution in [0.4, 0.5) is 0 Å². The number of imidazole rings is 1. The van der Waals surface area contributed by atoms with E-state index in [4.69, 9.17) is 0 Å². The number of rotatable bonds is 5. The first-order chi connectivity index (χ1) is 9.83. The van der Waals surface area contributed by atoms with E-state index in [0.29, 0.717) is 0 Å². The SMILES string of the molecule is CCCn1cncc1Cn1ccc2c(CO)cccc21. The van der Waals surface area contributed by atoms with Crippen LogP contribution in [0.1, 0.15) is 24.6 Å². The maximum Gasteiger partial charge on any atom is 0.0948 e. The lowest BCUT2D eigenvalue weighted by molar-refractivity contribution is 0.283. The van der Waals surface area contributed by atoms with E-state index in [-0.39, 0.29) is 6.61 Å². The van der Waals surface area contributed by atoms with E-state index in [1.165, 1.54) is 5.69 Å². The summed E-state index contributed by atoms with van der Waals surface area (Å²) in [7, 11) is 0. The molecule has 0 bridgehead atoms. The van der Waals surface area contributed by atoms with Gasteiger partial charge in [0.15, 0.2) is 0 Å². The zero-order valence-corrected chi connectivity index (χ0v) is 11.7. The van der Waals surface area contributed by atoms with E-state index >= 15 is 0 Å². The number of benzene rings is 1. The molecule has 0 fully saturated rings. The van der Waals surface area contributed by atoms with Crippen molar-refractivity contribution in [2.75, 3.05) is 0 Å². The van der Waals surface area contributed by atoms with Crippen LogP contribution in [-0.4, -0.2) is 19.2 Å². The van der Waals surface area contributed by atoms with Gasteiger partial charge in [-0.1, -0.05) is 19.1 Å². The average Bonchev–Trinajstić information content (AvgIpc) is 3.07. The molecular formula is C16H19N3O. The van der Waals surface area contributed by atoms with Gasteiger partial charge in [-0.25, -0.2) is 4.98 Å². The maximum atomic E-state index is 9.39. The fraction of sp³-hybridized carbons (Fsp3) is 0.312. The zero-order valence-electron chi connectivity index (χ0n) is 11.7. The Morgan fingerprint density at radius 3 is 2.90 bits per heavy atom. The fourth-order valence-corrected chi connectivity index (χ4v) is 2.66. The van der Waals surface area contributed by atoms with Crippen molar-refractivity contribution < 1.29 is 5.11 Å². The Kier molecular flexibility index (Phi) is 3.56. The molecule has 20 heavy (non-hydrogen) atoms. The normalized spacial score (nSPS) is 11.3. The first-order valence-electron chi connectivity index (χ1n) is 7.00. The minimum atomic E-state index is 0.0785. The summed E-state index contributed by atoms with van der Waals surface area (Å²) in [5.74, 6) is 0. The first-order valence-corrected chi connectivity index (χ1v) is 7.00. The zero-order chi connectivity index (χ0) is 13.9. The second-order valence-corrected chi connectivity index (χ2v) is 5.03. The summed E-state index contributed by atoms with van der Waals surface area (Å²) in [5, 5.41) is 10.5. The maximum absolute atomic E-state index is 9.39. The summed E-state index contributed by atoms with van der Waals surface area (Å²) in [5.41, 5.74) is 3.34. The van der Waals surface area contributed by atoms with Crippen LogP contribution in [0, 0.1) is 0 Å². The number of aryl methyl sites for hydroxylation is 1. The van der Waals surface area contributed by atoms with Crippen molar-refractivity contribution in [1.82, 2.24) is 14.1 Å². The van der Waals surface area contributed by atoms with Crippen molar-refractivity contribution in [3.8, 4) is 0 Å². The Morgan fingerprint density at radius 1 is 1.20 bits per heavy atom. The Bertz CT molecular complexity index is 711. The summed E-state index contributed by atoms with van der Waals surface area (Å²) in [4.78, 5) is 4.24. The van der Waals surface area contributed by atoms with E-state index < -0.39 is 0 Å². The summed E-state index contributed by atoms with van der Waals surface area (Å²) >= 11 is 0. The minimum Gasteiger partial charge on any atom is -0.392 e. The van der Waals surface area contributed by atoms with Crippen LogP contribution in [0.3, 0.4) is 0 Å². The molecule has 0 unspecified atom stereocenters. The number of fused-ring (bicyclic) bond motifs is 1. The van der Waals surface area contributed by atoms with Crippen LogP contribution in [0.5, 0.6) is 0 Å². The topological polar surface area (TPSA) is 43.0 Å². The molecule has 104 valence electrons. The van der Waals surface area contributed by atoms with Crippen molar-refractivity contribution >= 4 is 10.9 Å². The molecule has 3 aromatic rings. The monoisotopic (exact) mass is 269 g/mol. The van der Waals surface area contributed by atoms with E-state index in [0.717, 1.165) is 36.0 Å². The first kappa shape index (κ1) is 12.9. The molecule has 4 nitrogen and oxygen atoms in total. The van der Waals surface area contributed by atoms with E-state index in [9.17, 15) is 5.11 Å². The highest BCUT2D eigenvalue weighted by Gasteiger charge is 2.07. The fourth-order valence-electron chi connectivity index (χ4n) is 2.66. The van der Waals surface area contributed by atoms with Gasteiger partial charge in [0.2, 0.25) is 0 Å². The molecule has 0 saturated heterocycles. The molecular weight excluding hydrogens is 250 g/mol. The number of hydrogen-bond acceptors (Lipinski definition) is 2. The second kappa shape index (κ2) is 5.51. The predicted molar refractivity (Wildman–Crippen MR) is 79.5 cm³/mol. The van der Waals surface area contributed by atoms with Crippen molar-refractivity contribution in [1.29, 1.82) is 0 Å². The van der Waals surface area contributed by atoms with Gasteiger partial charge in [0.05, 0.1) is 25.2 Å². The van der Waals surface area contributed by atoms with E-state index in [2.05, 4.69) is 39.4 Å². The number of aliphatic hydroxyl groups is 1. The molecule has 0 amide bonds. The van der Waals surface area contributed by atoms with Gasteiger partial charge in [0.1, 0.15) is 0 Å². The average molecular weight is 269 g/mol. The van der Waals surface area contributed by atoms with Crippen LogP contribution in [0.15, 0.2) is 43.0 Å². The van der Waals surface area contributed by atoms with Crippen molar-refractivity contribution in [3.63, 3.8) is 0 Å². The molecule has 0 aliphatic carbocycles. The van der Waals surface area contributed by atoms with E-state index in [1.54, 1.807) is 0 Å². The molecule has 4 heteroatoms. The second-order valence-electron chi connectivity index (χ2n) is 5.03. The molecule has 0 spiro atoms. The van der Waals surface area contributed by atoms with Gasteiger partial charge in [-0.15, -0.1) is 0 Å². The lowest BCUT2D eigenvalue weighted by Crippen LogP contribution is -2.06. The highest BCUT2D eigenvalue weighted by atomic mass is 16.3. The summed E-state index contributed by atoms with van der Waals surface area (Å²) in [6.07, 6.45) is 7.00. The van der Waals surface area contributed by atoms with Gasteiger partial charge >= 0.3 is 0 Å². The van der Waals surface area contributed by atoms with Crippen LogP contribution >= 0.6 is 0 Å². The molecule has 0 saturated carbocycles. The highest BCUT2D eigenvalue weighted by Crippen LogP contribution is 2.21. The largest absolute Gasteiger partial charge is 0.392 e. The van der Waals surface area contributed by atoms with Gasteiger partial charge in [-0.2, -0.15) is 0 Å². The molecule has 3 rings (SSSR count). The van der Waals surface area contributed by atoms with Crippen molar-refractivity contribution in [2.24, 2.45) is 0 Å². The molecule has 2 aromatic heterocycles. The molecule has 0 aliphatic heterocycles.